The van der Waals surface area contributed by atoms with Gasteiger partial charge in [-0.25, -0.2) is 13.5 Å². The van der Waals surface area contributed by atoms with Gasteiger partial charge in [0, 0.05) is 6.07 Å². The molecule has 0 amide bonds. The minimum Gasteiger partial charge on any atom is -0.330 e. The Kier molecular flexibility index (Phi) is 3.99. The number of halogens is 2. The van der Waals surface area contributed by atoms with Crippen molar-refractivity contribution < 1.29 is 8.78 Å². The van der Waals surface area contributed by atoms with E-state index in [4.69, 9.17) is 5.73 Å². The van der Waals surface area contributed by atoms with Crippen LogP contribution in [0.25, 0.3) is 5.69 Å². The number of aromatic nitrogens is 3. The zero-order valence-corrected chi connectivity index (χ0v) is 9.81. The van der Waals surface area contributed by atoms with Crippen LogP contribution in [-0.2, 0) is 6.42 Å². The average molecular weight is 252 g/mol. The van der Waals surface area contributed by atoms with Crippen molar-refractivity contribution in [3.8, 4) is 5.69 Å². The number of hydrogen-bond acceptors (Lipinski definition) is 3. The van der Waals surface area contributed by atoms with Gasteiger partial charge in [0.15, 0.2) is 0 Å². The number of unbranched alkanes of at least 4 members (excludes halogenated alkanes) is 1. The van der Waals surface area contributed by atoms with E-state index in [0.717, 1.165) is 43.2 Å². The van der Waals surface area contributed by atoms with Crippen LogP contribution in [0.2, 0.25) is 0 Å². The molecule has 96 valence electrons. The maximum absolute atomic E-state index is 13.5. The van der Waals surface area contributed by atoms with Crippen molar-refractivity contribution >= 4 is 0 Å². The highest BCUT2D eigenvalue weighted by Crippen LogP contribution is 2.14. The lowest BCUT2D eigenvalue weighted by molar-refractivity contribution is 0.584. The van der Waals surface area contributed by atoms with Crippen LogP contribution in [0.4, 0.5) is 8.78 Å². The van der Waals surface area contributed by atoms with Gasteiger partial charge in [-0.2, -0.15) is 0 Å². The molecule has 0 aliphatic heterocycles. The smallest absolute Gasteiger partial charge is 0.149 e. The van der Waals surface area contributed by atoms with Crippen LogP contribution < -0.4 is 5.73 Å². The van der Waals surface area contributed by atoms with Gasteiger partial charge in [-0.05, 0) is 37.9 Å². The standard InChI is InChI=1S/C12H14F2N4/c13-9-4-5-11(14)12(7-9)18-8-10(16-17-18)3-1-2-6-15/h4-5,7-8H,1-3,6,15H2. The van der Waals surface area contributed by atoms with E-state index in [0.29, 0.717) is 6.54 Å². The third-order valence-corrected chi connectivity index (χ3v) is 2.58. The van der Waals surface area contributed by atoms with E-state index >= 15 is 0 Å². The second-order valence-electron chi connectivity index (χ2n) is 4.00. The van der Waals surface area contributed by atoms with E-state index in [2.05, 4.69) is 10.3 Å². The minimum absolute atomic E-state index is 0.0626. The van der Waals surface area contributed by atoms with Gasteiger partial charge in [-0.3, -0.25) is 0 Å². The van der Waals surface area contributed by atoms with Crippen LogP contribution in [0.15, 0.2) is 24.4 Å². The van der Waals surface area contributed by atoms with Crippen LogP contribution in [0.3, 0.4) is 0 Å². The summed E-state index contributed by atoms with van der Waals surface area (Å²) in [5, 5.41) is 7.71. The predicted molar refractivity (Wildman–Crippen MR) is 63.3 cm³/mol. The quantitative estimate of drug-likeness (QED) is 0.826. The van der Waals surface area contributed by atoms with Crippen LogP contribution in [0.5, 0.6) is 0 Å². The summed E-state index contributed by atoms with van der Waals surface area (Å²) in [6.07, 6.45) is 4.14. The van der Waals surface area contributed by atoms with Gasteiger partial charge in [0.05, 0.1) is 11.9 Å². The molecule has 0 spiro atoms. The van der Waals surface area contributed by atoms with Crippen molar-refractivity contribution in [3.05, 3.63) is 41.7 Å². The van der Waals surface area contributed by atoms with Crippen LogP contribution >= 0.6 is 0 Å². The van der Waals surface area contributed by atoms with E-state index < -0.39 is 11.6 Å². The third kappa shape index (κ3) is 2.89. The second kappa shape index (κ2) is 5.68. The number of benzene rings is 1. The van der Waals surface area contributed by atoms with E-state index in [9.17, 15) is 8.78 Å². The molecule has 2 aromatic rings. The van der Waals surface area contributed by atoms with Gasteiger partial charge in [0.2, 0.25) is 0 Å². The third-order valence-electron chi connectivity index (χ3n) is 2.58. The number of aryl methyl sites for hydroxylation is 1. The molecule has 0 aliphatic carbocycles. The van der Waals surface area contributed by atoms with E-state index in [1.807, 2.05) is 0 Å². The maximum atomic E-state index is 13.5. The highest BCUT2D eigenvalue weighted by Gasteiger charge is 2.08. The molecule has 0 saturated heterocycles. The number of nitrogens with zero attached hydrogens (tertiary/aromatic N) is 3. The molecule has 6 heteroatoms. The fraction of sp³-hybridized carbons (Fsp3) is 0.333. The largest absolute Gasteiger partial charge is 0.330 e. The molecule has 1 aromatic heterocycles. The van der Waals surface area contributed by atoms with Gasteiger partial charge >= 0.3 is 0 Å². The second-order valence-corrected chi connectivity index (χ2v) is 4.00. The van der Waals surface area contributed by atoms with Gasteiger partial charge in [0.25, 0.3) is 0 Å². The molecule has 2 rings (SSSR count). The molecule has 0 fully saturated rings. The Bertz CT molecular complexity index is 525. The summed E-state index contributed by atoms with van der Waals surface area (Å²) in [7, 11) is 0. The Labute approximate surface area is 103 Å². The molecular weight excluding hydrogens is 238 g/mol. The Morgan fingerprint density at radius 3 is 2.83 bits per heavy atom. The molecule has 4 nitrogen and oxygen atoms in total. The molecule has 1 heterocycles. The summed E-state index contributed by atoms with van der Waals surface area (Å²) in [6.45, 7) is 0.632. The van der Waals surface area contributed by atoms with Crippen molar-refractivity contribution in [1.29, 1.82) is 0 Å². The number of rotatable bonds is 5. The van der Waals surface area contributed by atoms with Crippen LogP contribution in [0, 0.1) is 11.6 Å². The first-order valence-corrected chi connectivity index (χ1v) is 5.77. The van der Waals surface area contributed by atoms with Gasteiger partial charge in [-0.15, -0.1) is 5.10 Å². The lowest BCUT2D eigenvalue weighted by atomic mass is 10.2. The fourth-order valence-electron chi connectivity index (χ4n) is 1.64. The first-order valence-electron chi connectivity index (χ1n) is 5.77. The summed E-state index contributed by atoms with van der Waals surface area (Å²) in [5.41, 5.74) is 6.20. The van der Waals surface area contributed by atoms with Gasteiger partial charge < -0.3 is 5.73 Å². The Balaban J connectivity index is 2.16. The average Bonchev–Trinajstić information content (AvgIpc) is 2.81. The Morgan fingerprint density at radius 2 is 2.06 bits per heavy atom. The van der Waals surface area contributed by atoms with Crippen LogP contribution in [0.1, 0.15) is 18.5 Å². The first-order chi connectivity index (χ1) is 8.70. The van der Waals surface area contributed by atoms with Crippen molar-refractivity contribution in [2.45, 2.75) is 19.3 Å². The highest BCUT2D eigenvalue weighted by molar-refractivity contribution is 5.32. The summed E-state index contributed by atoms with van der Waals surface area (Å²) >= 11 is 0. The highest BCUT2D eigenvalue weighted by atomic mass is 19.1. The summed E-state index contributed by atoms with van der Waals surface area (Å²) in [5.74, 6) is -1.04. The van der Waals surface area contributed by atoms with Gasteiger partial charge in [0.1, 0.15) is 17.3 Å². The molecule has 0 bridgehead atoms. The minimum atomic E-state index is -0.533. The van der Waals surface area contributed by atoms with Crippen molar-refractivity contribution in [3.63, 3.8) is 0 Å². The van der Waals surface area contributed by atoms with E-state index in [-0.39, 0.29) is 5.69 Å². The summed E-state index contributed by atoms with van der Waals surface area (Å²) in [6, 6.07) is 3.23. The SMILES string of the molecule is NCCCCc1cn(-c2cc(F)ccc2F)nn1. The molecule has 1 aromatic carbocycles. The zero-order valence-electron chi connectivity index (χ0n) is 9.81. The molecule has 18 heavy (non-hydrogen) atoms. The summed E-state index contributed by atoms with van der Waals surface area (Å²) in [4.78, 5) is 0. The maximum Gasteiger partial charge on any atom is 0.149 e. The predicted octanol–water partition coefficient (Wildman–Crippen LogP) is 1.83. The Morgan fingerprint density at radius 1 is 1.22 bits per heavy atom. The number of nitrogens with two attached hydrogens (primary N) is 1. The summed E-state index contributed by atoms with van der Waals surface area (Å²) < 4.78 is 27.8. The number of hydrogen-bond donors (Lipinski definition) is 1. The van der Waals surface area contributed by atoms with E-state index in [1.54, 1.807) is 6.20 Å². The molecule has 0 atom stereocenters. The zero-order chi connectivity index (χ0) is 13.0. The lowest BCUT2D eigenvalue weighted by Crippen LogP contribution is -1.99. The molecule has 0 unspecified atom stereocenters. The van der Waals surface area contributed by atoms with E-state index in [1.165, 1.54) is 4.68 Å². The van der Waals surface area contributed by atoms with Gasteiger partial charge in [-0.1, -0.05) is 5.21 Å². The monoisotopic (exact) mass is 252 g/mol. The normalized spacial score (nSPS) is 10.8. The lowest BCUT2D eigenvalue weighted by Gasteiger charge is -2.01. The first kappa shape index (κ1) is 12.6. The van der Waals surface area contributed by atoms with Crippen molar-refractivity contribution in [2.75, 3.05) is 6.54 Å². The topological polar surface area (TPSA) is 56.7 Å². The molecule has 0 radical (unpaired) electrons. The van der Waals surface area contributed by atoms with Crippen molar-refractivity contribution in [1.82, 2.24) is 15.0 Å². The molecule has 0 aliphatic rings. The molecule has 0 saturated carbocycles. The molecule has 2 N–H and O–H groups in total. The Hall–Kier alpha value is -1.82. The molecular formula is C12H14F2N4. The fourth-order valence-corrected chi connectivity index (χ4v) is 1.64. The van der Waals surface area contributed by atoms with Crippen LogP contribution in [-0.4, -0.2) is 21.5 Å². The van der Waals surface area contributed by atoms with Crippen molar-refractivity contribution in [2.24, 2.45) is 5.73 Å².